The number of nitrogens with zero attached hydrogens (tertiary/aromatic N) is 1. The maximum atomic E-state index is 12.4. The maximum Gasteiger partial charge on any atom is 0.336 e. The number of rotatable bonds is 6. The third-order valence-corrected chi connectivity index (χ3v) is 4.57. The summed E-state index contributed by atoms with van der Waals surface area (Å²) in [6.07, 6.45) is 1.56. The van der Waals surface area contributed by atoms with Gasteiger partial charge in [0.1, 0.15) is 4.32 Å². The van der Waals surface area contributed by atoms with Crippen LogP contribution < -0.4 is 0 Å². The van der Waals surface area contributed by atoms with Gasteiger partial charge in [-0.15, -0.1) is 0 Å². The fourth-order valence-electron chi connectivity index (χ4n) is 2.09. The lowest BCUT2D eigenvalue weighted by Crippen LogP contribution is -2.30. The van der Waals surface area contributed by atoms with Crippen LogP contribution in [0.5, 0.6) is 0 Å². The van der Waals surface area contributed by atoms with Crippen LogP contribution in [-0.2, 0) is 14.3 Å². The van der Waals surface area contributed by atoms with E-state index in [0.29, 0.717) is 14.8 Å². The van der Waals surface area contributed by atoms with Crippen molar-refractivity contribution in [3.8, 4) is 0 Å². The maximum absolute atomic E-state index is 12.4. The van der Waals surface area contributed by atoms with Crippen LogP contribution in [0.15, 0.2) is 29.2 Å². The average Bonchev–Trinajstić information content (AvgIpc) is 2.80. The largest absolute Gasteiger partial charge is 0.478 e. The number of thiocarbonyl (C=S) groups is 1. The van der Waals surface area contributed by atoms with Gasteiger partial charge >= 0.3 is 11.9 Å². The minimum absolute atomic E-state index is 0.0548. The monoisotopic (exact) mass is 365 g/mol. The van der Waals surface area contributed by atoms with Gasteiger partial charge in [-0.2, -0.15) is 0 Å². The first-order valence-electron chi connectivity index (χ1n) is 7.17. The molecule has 1 aliphatic rings. The third-order valence-electron chi connectivity index (χ3n) is 3.20. The Kier molecular flexibility index (Phi) is 6.10. The van der Waals surface area contributed by atoms with E-state index >= 15 is 0 Å². The van der Waals surface area contributed by atoms with Crippen LogP contribution >= 0.6 is 24.0 Å². The first-order valence-corrected chi connectivity index (χ1v) is 8.39. The number of hydrogen-bond acceptors (Lipinski definition) is 6. The van der Waals surface area contributed by atoms with E-state index in [-0.39, 0.29) is 31.0 Å². The van der Waals surface area contributed by atoms with Gasteiger partial charge in [-0.25, -0.2) is 4.79 Å². The molecule has 126 valence electrons. The Bertz CT molecular complexity index is 729. The Hall–Kier alpha value is -2.19. The highest BCUT2D eigenvalue weighted by atomic mass is 32.2. The molecule has 1 amide bonds. The smallest absolute Gasteiger partial charge is 0.336 e. The van der Waals surface area contributed by atoms with E-state index in [0.717, 1.165) is 11.8 Å². The molecular formula is C16H15NO5S2. The summed E-state index contributed by atoms with van der Waals surface area (Å²) >= 11 is 6.26. The van der Waals surface area contributed by atoms with Gasteiger partial charge in [0.15, 0.2) is 0 Å². The molecule has 0 spiro atoms. The molecule has 8 heteroatoms. The van der Waals surface area contributed by atoms with Crippen LogP contribution in [-0.4, -0.2) is 45.3 Å². The van der Waals surface area contributed by atoms with Crippen molar-refractivity contribution >= 4 is 52.2 Å². The number of benzene rings is 1. The molecule has 1 aliphatic heterocycles. The Morgan fingerprint density at radius 1 is 1.38 bits per heavy atom. The van der Waals surface area contributed by atoms with Gasteiger partial charge in [0.25, 0.3) is 5.91 Å². The molecule has 24 heavy (non-hydrogen) atoms. The number of esters is 1. The Morgan fingerprint density at radius 2 is 2.08 bits per heavy atom. The molecule has 0 atom stereocenters. The van der Waals surface area contributed by atoms with E-state index in [1.54, 1.807) is 25.1 Å². The third kappa shape index (κ3) is 4.21. The van der Waals surface area contributed by atoms with Crippen molar-refractivity contribution in [3.63, 3.8) is 0 Å². The second kappa shape index (κ2) is 8.07. The molecule has 1 heterocycles. The van der Waals surface area contributed by atoms with Crippen molar-refractivity contribution < 1.29 is 24.2 Å². The van der Waals surface area contributed by atoms with E-state index in [1.165, 1.54) is 17.0 Å². The van der Waals surface area contributed by atoms with Gasteiger partial charge in [0.2, 0.25) is 0 Å². The topological polar surface area (TPSA) is 83.9 Å². The second-order valence-corrected chi connectivity index (χ2v) is 6.46. The SMILES string of the molecule is CCOC(=O)CCN1C(=O)/C(=C/c2ccccc2C(=O)O)SC1=S. The van der Waals surface area contributed by atoms with Crippen LogP contribution in [0.3, 0.4) is 0 Å². The predicted octanol–water partition coefficient (Wildman–Crippen LogP) is 2.54. The van der Waals surface area contributed by atoms with E-state index in [9.17, 15) is 19.5 Å². The summed E-state index contributed by atoms with van der Waals surface area (Å²) in [5, 5.41) is 9.20. The summed E-state index contributed by atoms with van der Waals surface area (Å²) in [4.78, 5) is 36.7. The number of carboxylic acid groups (broad SMARTS) is 1. The van der Waals surface area contributed by atoms with Gasteiger partial charge in [-0.05, 0) is 24.6 Å². The number of carbonyl (C=O) groups is 3. The molecule has 1 fully saturated rings. The van der Waals surface area contributed by atoms with Crippen molar-refractivity contribution in [1.82, 2.24) is 4.90 Å². The van der Waals surface area contributed by atoms with Crippen LogP contribution in [0.2, 0.25) is 0 Å². The molecule has 6 nitrogen and oxygen atoms in total. The summed E-state index contributed by atoms with van der Waals surface area (Å²) in [5.41, 5.74) is 0.533. The molecule has 1 aromatic carbocycles. The molecule has 0 saturated carbocycles. The Morgan fingerprint density at radius 3 is 2.75 bits per heavy atom. The van der Waals surface area contributed by atoms with E-state index in [1.807, 2.05) is 0 Å². The standard InChI is InChI=1S/C16H15NO5S2/c1-2-22-13(18)7-8-17-14(19)12(24-16(17)23)9-10-5-3-4-6-11(10)15(20)21/h3-6,9H,2,7-8H2,1H3,(H,20,21)/b12-9-. The summed E-state index contributed by atoms with van der Waals surface area (Å²) in [5.74, 6) is -1.80. The van der Waals surface area contributed by atoms with E-state index < -0.39 is 11.9 Å². The number of ether oxygens (including phenoxy) is 1. The number of carbonyl (C=O) groups excluding carboxylic acids is 2. The summed E-state index contributed by atoms with van der Waals surface area (Å²) in [6, 6.07) is 6.40. The van der Waals surface area contributed by atoms with Crippen LogP contribution in [0, 0.1) is 0 Å². The minimum atomic E-state index is -1.07. The van der Waals surface area contributed by atoms with Crippen LogP contribution in [0.4, 0.5) is 0 Å². The molecule has 0 radical (unpaired) electrons. The van der Waals surface area contributed by atoms with Crippen molar-refractivity contribution in [3.05, 3.63) is 40.3 Å². The highest BCUT2D eigenvalue weighted by Crippen LogP contribution is 2.33. The van der Waals surface area contributed by atoms with Gasteiger partial charge in [-0.1, -0.05) is 42.2 Å². The van der Waals surface area contributed by atoms with Crippen molar-refractivity contribution in [1.29, 1.82) is 0 Å². The lowest BCUT2D eigenvalue weighted by molar-refractivity contribution is -0.143. The first kappa shape index (κ1) is 18.2. The molecule has 2 rings (SSSR count). The molecule has 1 saturated heterocycles. The van der Waals surface area contributed by atoms with Gasteiger partial charge in [0, 0.05) is 6.54 Å². The average molecular weight is 365 g/mol. The van der Waals surface area contributed by atoms with Crippen LogP contribution in [0.25, 0.3) is 6.08 Å². The van der Waals surface area contributed by atoms with Gasteiger partial charge in [-0.3, -0.25) is 14.5 Å². The van der Waals surface area contributed by atoms with Crippen molar-refractivity contribution in [2.24, 2.45) is 0 Å². The second-order valence-electron chi connectivity index (χ2n) is 4.78. The van der Waals surface area contributed by atoms with Gasteiger partial charge < -0.3 is 9.84 Å². The zero-order valence-corrected chi connectivity index (χ0v) is 14.5. The van der Waals surface area contributed by atoms with E-state index in [2.05, 4.69) is 0 Å². The zero-order chi connectivity index (χ0) is 17.7. The van der Waals surface area contributed by atoms with E-state index in [4.69, 9.17) is 17.0 Å². The summed E-state index contributed by atoms with van der Waals surface area (Å²) in [6.45, 7) is 2.13. The fourth-order valence-corrected chi connectivity index (χ4v) is 3.39. The molecule has 0 aliphatic carbocycles. The summed E-state index contributed by atoms with van der Waals surface area (Å²) < 4.78 is 5.17. The number of aromatic carboxylic acids is 1. The Labute approximate surface area is 148 Å². The number of carboxylic acids is 1. The predicted molar refractivity (Wildman–Crippen MR) is 94.5 cm³/mol. The number of hydrogen-bond donors (Lipinski definition) is 1. The Balaban J connectivity index is 2.16. The highest BCUT2D eigenvalue weighted by Gasteiger charge is 2.32. The lowest BCUT2D eigenvalue weighted by atomic mass is 10.1. The zero-order valence-electron chi connectivity index (χ0n) is 12.9. The van der Waals surface area contributed by atoms with Crippen LogP contribution in [0.1, 0.15) is 29.3 Å². The molecule has 0 aromatic heterocycles. The number of thioether (sulfide) groups is 1. The lowest BCUT2D eigenvalue weighted by Gasteiger charge is -2.13. The fraction of sp³-hybridized carbons (Fsp3) is 0.250. The first-order chi connectivity index (χ1) is 11.4. The normalized spacial score (nSPS) is 15.9. The summed E-state index contributed by atoms with van der Waals surface area (Å²) in [7, 11) is 0. The molecule has 0 unspecified atom stereocenters. The molecule has 1 N–H and O–H groups in total. The van der Waals surface area contributed by atoms with Gasteiger partial charge in [0.05, 0.1) is 23.5 Å². The highest BCUT2D eigenvalue weighted by molar-refractivity contribution is 8.26. The van der Waals surface area contributed by atoms with Crippen molar-refractivity contribution in [2.75, 3.05) is 13.2 Å². The molecular weight excluding hydrogens is 350 g/mol. The quantitative estimate of drug-likeness (QED) is 0.471. The molecule has 0 bridgehead atoms. The van der Waals surface area contributed by atoms with Crippen molar-refractivity contribution in [2.45, 2.75) is 13.3 Å². The number of amides is 1. The minimum Gasteiger partial charge on any atom is -0.478 e. The molecule has 1 aromatic rings.